The average Bonchev–Trinajstić information content (AvgIpc) is 2.98. The highest BCUT2D eigenvalue weighted by Gasteiger charge is 2.63. The van der Waals surface area contributed by atoms with Gasteiger partial charge >= 0.3 is 0 Å². The van der Waals surface area contributed by atoms with Crippen molar-refractivity contribution in [2.75, 3.05) is 46.8 Å². The topological polar surface area (TPSA) is 26.8 Å². The van der Waals surface area contributed by atoms with Crippen LogP contribution in [-0.4, -0.2) is 67.4 Å². The lowest BCUT2D eigenvalue weighted by Crippen LogP contribution is -2.57. The molecule has 3 fully saturated rings. The SMILES string of the molecule is CN(C)C[C@@]12CN(C(=O)CC3CCN(Cc4ccccc4)CC3)C[C@@H]1C(C)(C)C2. The van der Waals surface area contributed by atoms with Gasteiger partial charge in [-0.25, -0.2) is 0 Å². The molecule has 0 radical (unpaired) electrons. The molecule has 1 aromatic rings. The maximum Gasteiger partial charge on any atom is 0.222 e. The Morgan fingerprint density at radius 1 is 1.14 bits per heavy atom. The van der Waals surface area contributed by atoms with E-state index in [9.17, 15) is 4.79 Å². The molecule has 4 nitrogen and oxygen atoms in total. The normalized spacial score (nSPS) is 29.7. The van der Waals surface area contributed by atoms with Crippen LogP contribution in [0.3, 0.4) is 0 Å². The molecule has 4 rings (SSSR count). The summed E-state index contributed by atoms with van der Waals surface area (Å²) in [6, 6.07) is 10.7. The van der Waals surface area contributed by atoms with Gasteiger partial charge in [0.05, 0.1) is 0 Å². The van der Waals surface area contributed by atoms with Crippen molar-refractivity contribution in [1.29, 1.82) is 0 Å². The fourth-order valence-electron chi connectivity index (χ4n) is 6.73. The summed E-state index contributed by atoms with van der Waals surface area (Å²) in [5.41, 5.74) is 2.11. The van der Waals surface area contributed by atoms with E-state index in [0.29, 0.717) is 28.6 Å². The minimum absolute atomic E-state index is 0.335. The Balaban J connectivity index is 1.27. The first-order valence-electron chi connectivity index (χ1n) is 11.5. The fraction of sp³-hybridized carbons (Fsp3) is 0.720. The van der Waals surface area contributed by atoms with E-state index in [1.165, 1.54) is 12.0 Å². The maximum atomic E-state index is 13.1. The van der Waals surface area contributed by atoms with Crippen LogP contribution < -0.4 is 0 Å². The van der Waals surface area contributed by atoms with Crippen LogP contribution in [0.4, 0.5) is 0 Å². The molecule has 0 N–H and O–H groups in total. The molecule has 0 aromatic heterocycles. The Bertz CT molecular complexity index is 704. The maximum absolute atomic E-state index is 13.1. The predicted molar refractivity (Wildman–Crippen MR) is 119 cm³/mol. The van der Waals surface area contributed by atoms with Crippen LogP contribution in [0.2, 0.25) is 0 Å². The highest BCUT2D eigenvalue weighted by atomic mass is 16.2. The van der Waals surface area contributed by atoms with E-state index in [0.717, 1.165) is 58.5 Å². The van der Waals surface area contributed by atoms with Gasteiger partial charge in [-0.2, -0.15) is 0 Å². The molecule has 4 heteroatoms. The van der Waals surface area contributed by atoms with Crippen molar-refractivity contribution in [1.82, 2.24) is 14.7 Å². The number of fused-ring (bicyclic) bond motifs is 1. The molecule has 1 amide bonds. The van der Waals surface area contributed by atoms with E-state index in [-0.39, 0.29) is 0 Å². The molecule has 2 heterocycles. The first kappa shape index (κ1) is 20.9. The van der Waals surface area contributed by atoms with Gasteiger partial charge < -0.3 is 9.80 Å². The minimum atomic E-state index is 0.335. The highest BCUT2D eigenvalue weighted by molar-refractivity contribution is 5.77. The highest BCUT2D eigenvalue weighted by Crippen LogP contribution is 2.62. The van der Waals surface area contributed by atoms with Crippen LogP contribution in [0.25, 0.3) is 0 Å². The summed E-state index contributed by atoms with van der Waals surface area (Å²) in [5.74, 6) is 1.63. The van der Waals surface area contributed by atoms with Gasteiger partial charge in [0.1, 0.15) is 0 Å². The zero-order chi connectivity index (χ0) is 20.6. The van der Waals surface area contributed by atoms with Crippen LogP contribution in [0.1, 0.15) is 45.1 Å². The second-order valence-electron chi connectivity index (χ2n) is 11.0. The summed E-state index contributed by atoms with van der Waals surface area (Å²) in [4.78, 5) is 20.2. The summed E-state index contributed by atoms with van der Waals surface area (Å²) in [6.07, 6.45) is 4.32. The number of likely N-dealkylation sites (tertiary alicyclic amines) is 2. The third-order valence-corrected chi connectivity index (χ3v) is 7.80. The molecule has 2 saturated heterocycles. The van der Waals surface area contributed by atoms with E-state index >= 15 is 0 Å². The summed E-state index contributed by atoms with van der Waals surface area (Å²) in [6.45, 7) is 11.1. The number of amides is 1. The average molecular weight is 398 g/mol. The predicted octanol–water partition coefficient (Wildman–Crippen LogP) is 3.73. The van der Waals surface area contributed by atoms with Crippen LogP contribution in [0.5, 0.6) is 0 Å². The molecular formula is C25H39N3O. The summed E-state index contributed by atoms with van der Waals surface area (Å²) in [5, 5.41) is 0. The lowest BCUT2D eigenvalue weighted by molar-refractivity contribution is -0.132. The largest absolute Gasteiger partial charge is 0.342 e. The van der Waals surface area contributed by atoms with Crippen molar-refractivity contribution in [2.24, 2.45) is 22.7 Å². The number of piperidine rings is 1. The van der Waals surface area contributed by atoms with Gasteiger partial charge in [0.15, 0.2) is 0 Å². The number of carbonyl (C=O) groups is 1. The number of carbonyl (C=O) groups excluding carboxylic acids is 1. The molecule has 2 aliphatic heterocycles. The van der Waals surface area contributed by atoms with Gasteiger partial charge in [-0.1, -0.05) is 44.2 Å². The van der Waals surface area contributed by atoms with Crippen LogP contribution in [0, 0.1) is 22.7 Å². The first-order valence-corrected chi connectivity index (χ1v) is 11.5. The Kier molecular flexibility index (Phi) is 5.78. The number of nitrogens with zero attached hydrogens (tertiary/aromatic N) is 3. The smallest absolute Gasteiger partial charge is 0.222 e. The number of hydrogen-bond acceptors (Lipinski definition) is 3. The molecule has 160 valence electrons. The second kappa shape index (κ2) is 8.03. The molecule has 0 unspecified atom stereocenters. The standard InChI is InChI=1S/C25H39N3O/c1-24(2)17-25(18-26(3)4)19-28(16-22(24)25)23(29)14-20-10-12-27(13-11-20)15-21-8-6-5-7-9-21/h5-9,20,22H,10-19H2,1-4H3/t22-,25+/m1/s1. The first-order chi connectivity index (χ1) is 13.8. The molecule has 0 bridgehead atoms. The van der Waals surface area contributed by atoms with Gasteiger partial charge in [0.25, 0.3) is 0 Å². The molecule has 3 aliphatic rings. The van der Waals surface area contributed by atoms with Crippen molar-refractivity contribution in [3.05, 3.63) is 35.9 Å². The Hall–Kier alpha value is -1.39. The van der Waals surface area contributed by atoms with Crippen LogP contribution in [0.15, 0.2) is 30.3 Å². The van der Waals surface area contributed by atoms with Gasteiger partial charge in [0.2, 0.25) is 5.91 Å². The second-order valence-corrected chi connectivity index (χ2v) is 11.0. The lowest BCUT2D eigenvalue weighted by atomic mass is 9.48. The molecular weight excluding hydrogens is 358 g/mol. The van der Waals surface area contributed by atoms with Gasteiger partial charge in [-0.3, -0.25) is 9.69 Å². The number of benzene rings is 1. The third-order valence-electron chi connectivity index (χ3n) is 7.80. The zero-order valence-electron chi connectivity index (χ0n) is 18.9. The van der Waals surface area contributed by atoms with Crippen molar-refractivity contribution in [2.45, 2.75) is 46.1 Å². The van der Waals surface area contributed by atoms with Crippen molar-refractivity contribution < 1.29 is 4.79 Å². The van der Waals surface area contributed by atoms with E-state index in [4.69, 9.17) is 0 Å². The number of hydrogen-bond donors (Lipinski definition) is 0. The van der Waals surface area contributed by atoms with Gasteiger partial charge in [-0.15, -0.1) is 0 Å². The Labute approximate surface area is 177 Å². The van der Waals surface area contributed by atoms with Gasteiger partial charge in [-0.05, 0) is 69.3 Å². The fourth-order valence-corrected chi connectivity index (χ4v) is 6.73. The minimum Gasteiger partial charge on any atom is -0.342 e. The summed E-state index contributed by atoms with van der Waals surface area (Å²) >= 11 is 0. The molecule has 29 heavy (non-hydrogen) atoms. The van der Waals surface area contributed by atoms with Gasteiger partial charge in [0, 0.05) is 38.0 Å². The Morgan fingerprint density at radius 3 is 2.45 bits per heavy atom. The quantitative estimate of drug-likeness (QED) is 0.732. The molecule has 0 spiro atoms. The van der Waals surface area contributed by atoms with Crippen LogP contribution in [-0.2, 0) is 11.3 Å². The molecule has 2 atom stereocenters. The van der Waals surface area contributed by atoms with Crippen molar-refractivity contribution in [3.63, 3.8) is 0 Å². The van der Waals surface area contributed by atoms with Crippen LogP contribution >= 0.6 is 0 Å². The van der Waals surface area contributed by atoms with E-state index in [1.807, 2.05) is 0 Å². The summed E-state index contributed by atoms with van der Waals surface area (Å²) < 4.78 is 0. The molecule has 1 aromatic carbocycles. The zero-order valence-corrected chi connectivity index (χ0v) is 18.9. The number of rotatable bonds is 6. The van der Waals surface area contributed by atoms with E-state index in [2.05, 4.69) is 73.0 Å². The molecule has 1 aliphatic carbocycles. The lowest BCUT2D eigenvalue weighted by Gasteiger charge is -2.57. The third kappa shape index (κ3) is 4.39. The monoisotopic (exact) mass is 397 g/mol. The van der Waals surface area contributed by atoms with Crippen molar-refractivity contribution in [3.8, 4) is 0 Å². The van der Waals surface area contributed by atoms with Crippen molar-refractivity contribution >= 4 is 5.91 Å². The Morgan fingerprint density at radius 2 is 1.83 bits per heavy atom. The summed E-state index contributed by atoms with van der Waals surface area (Å²) in [7, 11) is 4.34. The van der Waals surface area contributed by atoms with E-state index in [1.54, 1.807) is 0 Å². The van der Waals surface area contributed by atoms with E-state index < -0.39 is 0 Å². The molecule has 1 saturated carbocycles.